The minimum absolute atomic E-state index is 0.0285. The Bertz CT molecular complexity index is 1180. The molecule has 0 unspecified atom stereocenters. The van der Waals surface area contributed by atoms with E-state index in [1.54, 1.807) is 48.5 Å². The fourth-order valence-corrected chi connectivity index (χ4v) is 2.86. The average molecular weight is 357 g/mol. The van der Waals surface area contributed by atoms with Crippen LogP contribution in [0.5, 0.6) is 0 Å². The first kappa shape index (κ1) is 16.6. The van der Waals surface area contributed by atoms with E-state index < -0.39 is 0 Å². The number of carbonyl (C=O) groups is 2. The predicted octanol–water partition coefficient (Wildman–Crippen LogP) is 1.51. The second-order valence-electron chi connectivity index (χ2n) is 5.98. The summed E-state index contributed by atoms with van der Waals surface area (Å²) < 4.78 is 1.48. The Balaban J connectivity index is 1.80. The number of carbonyl (C=O) groups excluding carboxylic acids is 2. The molecule has 0 bridgehead atoms. The highest BCUT2D eigenvalue weighted by molar-refractivity contribution is 6.17. The number of nitrogens with zero attached hydrogens (tertiary/aromatic N) is 4. The van der Waals surface area contributed by atoms with Crippen molar-refractivity contribution in [1.82, 2.24) is 19.6 Å². The van der Waals surface area contributed by atoms with E-state index in [9.17, 15) is 9.59 Å². The van der Waals surface area contributed by atoms with Crippen LogP contribution in [0.25, 0.3) is 11.9 Å². The van der Waals surface area contributed by atoms with Crippen LogP contribution >= 0.6 is 0 Å². The lowest BCUT2D eigenvalue weighted by atomic mass is 10.1. The summed E-state index contributed by atoms with van der Waals surface area (Å²) in [6.07, 6.45) is 1.45. The fourth-order valence-electron chi connectivity index (χ4n) is 2.86. The Hall–Kier alpha value is -3.87. The molecule has 2 aromatic carbocycles. The van der Waals surface area contributed by atoms with E-state index in [2.05, 4.69) is 15.2 Å². The Kier molecular flexibility index (Phi) is 4.18. The summed E-state index contributed by atoms with van der Waals surface area (Å²) in [6.45, 7) is 0. The summed E-state index contributed by atoms with van der Waals surface area (Å²) in [7, 11) is 0. The Morgan fingerprint density at radius 1 is 0.926 bits per heavy atom. The minimum atomic E-state index is -0.216. The number of hydrogen-bond donors (Lipinski definition) is 1. The topological polar surface area (TPSA) is 103 Å². The van der Waals surface area contributed by atoms with Crippen LogP contribution in [0, 0.1) is 0 Å². The second kappa shape index (κ2) is 6.80. The monoisotopic (exact) mass is 357 g/mol. The van der Waals surface area contributed by atoms with E-state index in [0.29, 0.717) is 22.2 Å². The summed E-state index contributed by atoms with van der Waals surface area (Å²) in [4.78, 5) is 29.6. The second-order valence-corrected chi connectivity index (χ2v) is 5.98. The maximum atomic E-state index is 12.6. The van der Waals surface area contributed by atoms with E-state index in [1.165, 1.54) is 10.5 Å². The van der Waals surface area contributed by atoms with Crippen molar-refractivity contribution in [2.24, 2.45) is 0 Å². The quantitative estimate of drug-likeness (QED) is 0.543. The highest BCUT2D eigenvalue weighted by Crippen LogP contribution is 2.08. The van der Waals surface area contributed by atoms with E-state index in [0.717, 1.165) is 0 Å². The summed E-state index contributed by atoms with van der Waals surface area (Å²) >= 11 is 0. The molecule has 4 rings (SSSR count). The maximum Gasteiger partial charge on any atom is 0.257 e. The number of anilines is 1. The van der Waals surface area contributed by atoms with Gasteiger partial charge in [-0.05, 0) is 0 Å². The summed E-state index contributed by atoms with van der Waals surface area (Å²) in [5.74, 6) is 0.0506. The lowest BCUT2D eigenvalue weighted by molar-refractivity contribution is 0.0990. The number of nitrogen functional groups attached to an aromatic ring is 1. The molecule has 4 aromatic rings. The van der Waals surface area contributed by atoms with Gasteiger partial charge in [-0.25, -0.2) is 9.38 Å². The SMILES string of the molecule is Nc1nnc2nc(CC(=O)c3ccccc3)/c(=C/C(=O)c3ccccc3)n12. The number of benzene rings is 2. The number of fused-ring (bicyclic) bond motifs is 1. The minimum Gasteiger partial charge on any atom is -0.368 e. The molecule has 0 saturated heterocycles. The van der Waals surface area contributed by atoms with Crippen molar-refractivity contribution in [3.8, 4) is 0 Å². The number of imidazole rings is 1. The molecule has 27 heavy (non-hydrogen) atoms. The van der Waals surface area contributed by atoms with Crippen LogP contribution in [0.1, 0.15) is 26.4 Å². The first-order valence-corrected chi connectivity index (χ1v) is 8.32. The van der Waals surface area contributed by atoms with E-state index >= 15 is 0 Å². The van der Waals surface area contributed by atoms with Crippen LogP contribution in [-0.2, 0) is 6.42 Å². The molecule has 0 fully saturated rings. The van der Waals surface area contributed by atoms with Crippen molar-refractivity contribution in [2.75, 3.05) is 5.73 Å². The van der Waals surface area contributed by atoms with Crippen molar-refractivity contribution in [1.29, 1.82) is 0 Å². The number of Topliss-reactive ketones (excluding diaryl/α,β-unsaturated/α-hetero) is 2. The number of rotatable bonds is 5. The highest BCUT2D eigenvalue weighted by atomic mass is 16.1. The number of hydrogen-bond acceptors (Lipinski definition) is 6. The van der Waals surface area contributed by atoms with Crippen LogP contribution in [-0.4, -0.2) is 31.1 Å². The number of ketones is 2. The lowest BCUT2D eigenvalue weighted by Gasteiger charge is -1.99. The van der Waals surface area contributed by atoms with Gasteiger partial charge in [-0.2, -0.15) is 0 Å². The third kappa shape index (κ3) is 3.18. The summed E-state index contributed by atoms with van der Waals surface area (Å²) in [5, 5.41) is 8.10. The van der Waals surface area contributed by atoms with Gasteiger partial charge in [0.15, 0.2) is 11.6 Å². The van der Waals surface area contributed by atoms with Crippen molar-refractivity contribution in [3.05, 3.63) is 82.8 Å². The molecule has 2 N–H and O–H groups in total. The van der Waals surface area contributed by atoms with Gasteiger partial charge in [-0.3, -0.25) is 9.59 Å². The molecular weight excluding hydrogens is 342 g/mol. The van der Waals surface area contributed by atoms with E-state index in [-0.39, 0.29) is 29.7 Å². The predicted molar refractivity (Wildman–Crippen MR) is 100 cm³/mol. The summed E-state index contributed by atoms with van der Waals surface area (Å²) in [5.41, 5.74) is 7.42. The molecule has 2 aromatic heterocycles. The van der Waals surface area contributed by atoms with E-state index in [1.807, 2.05) is 12.1 Å². The molecule has 0 atom stereocenters. The number of aromatic nitrogens is 4. The van der Waals surface area contributed by atoms with Crippen LogP contribution in [0.15, 0.2) is 60.7 Å². The molecular formula is C20H15N5O2. The molecule has 0 aliphatic heterocycles. The van der Waals surface area contributed by atoms with Gasteiger partial charge in [0.1, 0.15) is 0 Å². The van der Waals surface area contributed by atoms with Gasteiger partial charge in [-0.1, -0.05) is 60.7 Å². The van der Waals surface area contributed by atoms with E-state index in [4.69, 9.17) is 5.73 Å². The molecule has 0 radical (unpaired) electrons. The van der Waals surface area contributed by atoms with Crippen molar-refractivity contribution >= 4 is 29.4 Å². The number of nitrogens with two attached hydrogens (primary N) is 1. The first-order chi connectivity index (χ1) is 13.1. The summed E-state index contributed by atoms with van der Waals surface area (Å²) in [6, 6.07) is 17.8. The van der Waals surface area contributed by atoms with Gasteiger partial charge >= 0.3 is 0 Å². The molecule has 0 saturated carbocycles. The van der Waals surface area contributed by atoms with Gasteiger partial charge in [0.25, 0.3) is 5.78 Å². The zero-order valence-corrected chi connectivity index (χ0v) is 14.2. The average Bonchev–Trinajstić information content (AvgIpc) is 3.23. The molecule has 7 heteroatoms. The van der Waals surface area contributed by atoms with Crippen molar-refractivity contribution < 1.29 is 9.59 Å². The van der Waals surface area contributed by atoms with Crippen molar-refractivity contribution in [2.45, 2.75) is 6.42 Å². The third-order valence-electron chi connectivity index (χ3n) is 4.19. The van der Waals surface area contributed by atoms with Crippen LogP contribution in [0.3, 0.4) is 0 Å². The smallest absolute Gasteiger partial charge is 0.257 e. The molecule has 2 heterocycles. The zero-order valence-electron chi connectivity index (χ0n) is 14.2. The van der Waals surface area contributed by atoms with Crippen LogP contribution in [0.2, 0.25) is 0 Å². The largest absolute Gasteiger partial charge is 0.368 e. The fraction of sp³-hybridized carbons (Fsp3) is 0.0500. The van der Waals surface area contributed by atoms with Crippen LogP contribution < -0.4 is 11.1 Å². The maximum absolute atomic E-state index is 12.6. The molecule has 132 valence electrons. The Morgan fingerprint density at radius 3 is 2.22 bits per heavy atom. The van der Waals surface area contributed by atoms with Gasteiger partial charge < -0.3 is 5.73 Å². The molecule has 0 amide bonds. The highest BCUT2D eigenvalue weighted by Gasteiger charge is 2.17. The molecule has 0 aliphatic rings. The standard InChI is InChI=1S/C20H15N5O2/c21-19-23-24-20-22-15(11-17(26)13-7-3-1-4-8-13)16(25(19)20)12-18(27)14-9-5-2-6-10-14/h1-10,12H,11H2,(H2,21,23)/b16-12-. The van der Waals surface area contributed by atoms with Crippen molar-refractivity contribution in [3.63, 3.8) is 0 Å². The third-order valence-corrected chi connectivity index (χ3v) is 4.19. The molecule has 7 nitrogen and oxygen atoms in total. The van der Waals surface area contributed by atoms with Gasteiger partial charge in [-0.15, -0.1) is 10.2 Å². The Labute approximate surface area is 154 Å². The van der Waals surface area contributed by atoms with Gasteiger partial charge in [0.05, 0.1) is 17.5 Å². The van der Waals surface area contributed by atoms with Crippen LogP contribution in [0.4, 0.5) is 5.95 Å². The normalized spacial score (nSPS) is 11.8. The molecule has 0 aliphatic carbocycles. The molecule has 0 spiro atoms. The zero-order chi connectivity index (χ0) is 18.8. The first-order valence-electron chi connectivity index (χ1n) is 8.32. The Morgan fingerprint density at radius 2 is 1.56 bits per heavy atom. The van der Waals surface area contributed by atoms with Gasteiger partial charge in [0, 0.05) is 17.2 Å². The lowest BCUT2D eigenvalue weighted by Crippen LogP contribution is -2.20. The van der Waals surface area contributed by atoms with Gasteiger partial charge in [0.2, 0.25) is 5.95 Å².